The molecule has 0 bridgehead atoms. The van der Waals surface area contributed by atoms with E-state index in [-0.39, 0.29) is 6.03 Å². The van der Waals surface area contributed by atoms with Gasteiger partial charge in [-0.15, -0.1) is 0 Å². The van der Waals surface area contributed by atoms with E-state index in [2.05, 4.69) is 10.6 Å². The number of hydrogen-bond acceptors (Lipinski definition) is 3. The number of anilines is 1. The lowest BCUT2D eigenvalue weighted by atomic mass is 10.1. The maximum Gasteiger partial charge on any atom is 0.319 e. The minimum Gasteiger partial charge on any atom is -0.495 e. The Hall–Kier alpha value is -2.11. The predicted molar refractivity (Wildman–Crippen MR) is 101 cm³/mol. The Kier molecular flexibility index (Phi) is 6.79. The lowest BCUT2D eigenvalue weighted by molar-refractivity contribution is 0.247. The van der Waals surface area contributed by atoms with Gasteiger partial charge in [-0.1, -0.05) is 23.2 Å². The van der Waals surface area contributed by atoms with Crippen LogP contribution in [0.15, 0.2) is 30.3 Å². The van der Waals surface area contributed by atoms with E-state index in [4.69, 9.17) is 32.7 Å². The smallest absolute Gasteiger partial charge is 0.319 e. The second-order valence-electron chi connectivity index (χ2n) is 5.45. The number of aryl methyl sites for hydroxylation is 2. The number of methoxy groups -OCH3 is 1. The molecule has 0 aromatic heterocycles. The largest absolute Gasteiger partial charge is 0.495 e. The Morgan fingerprint density at radius 1 is 1.12 bits per heavy atom. The van der Waals surface area contributed by atoms with E-state index in [1.54, 1.807) is 18.2 Å². The zero-order valence-electron chi connectivity index (χ0n) is 14.3. The molecule has 0 radical (unpaired) electrons. The van der Waals surface area contributed by atoms with Gasteiger partial charge in [0.15, 0.2) is 0 Å². The number of rotatable bonds is 6. The summed E-state index contributed by atoms with van der Waals surface area (Å²) < 4.78 is 10.7. The molecule has 0 aliphatic carbocycles. The minimum atomic E-state index is -0.340. The molecule has 2 aromatic rings. The summed E-state index contributed by atoms with van der Waals surface area (Å²) in [4.78, 5) is 11.9. The molecule has 134 valence electrons. The van der Waals surface area contributed by atoms with Crippen molar-refractivity contribution >= 4 is 34.9 Å². The second-order valence-corrected chi connectivity index (χ2v) is 6.23. The van der Waals surface area contributed by atoms with Crippen molar-refractivity contribution in [1.29, 1.82) is 0 Å². The van der Waals surface area contributed by atoms with Gasteiger partial charge in [0.05, 0.1) is 18.7 Å². The molecule has 0 unspecified atom stereocenters. The van der Waals surface area contributed by atoms with Crippen LogP contribution in [0.4, 0.5) is 10.5 Å². The molecular formula is C18H20Cl2N2O3. The van der Waals surface area contributed by atoms with Crippen molar-refractivity contribution in [1.82, 2.24) is 5.32 Å². The van der Waals surface area contributed by atoms with Crippen LogP contribution in [0.2, 0.25) is 10.0 Å². The van der Waals surface area contributed by atoms with E-state index >= 15 is 0 Å². The van der Waals surface area contributed by atoms with Crippen LogP contribution < -0.4 is 20.1 Å². The predicted octanol–water partition coefficient (Wildman–Crippen LogP) is 4.82. The summed E-state index contributed by atoms with van der Waals surface area (Å²) in [5, 5.41) is 6.58. The molecule has 25 heavy (non-hydrogen) atoms. The molecule has 0 saturated heterocycles. The lowest BCUT2D eigenvalue weighted by Gasteiger charge is -2.11. The third-order valence-electron chi connectivity index (χ3n) is 3.48. The average molecular weight is 383 g/mol. The van der Waals surface area contributed by atoms with E-state index in [0.717, 1.165) is 21.9 Å². The molecule has 2 rings (SSSR count). The van der Waals surface area contributed by atoms with Gasteiger partial charge in [-0.2, -0.15) is 0 Å². The summed E-state index contributed by atoms with van der Waals surface area (Å²) in [7, 11) is 1.53. The molecule has 2 N–H and O–H groups in total. The Bertz CT molecular complexity index is 743. The van der Waals surface area contributed by atoms with Crippen molar-refractivity contribution in [3.63, 3.8) is 0 Å². The normalized spacial score (nSPS) is 10.3. The van der Waals surface area contributed by atoms with Gasteiger partial charge in [0.25, 0.3) is 0 Å². The van der Waals surface area contributed by atoms with Gasteiger partial charge < -0.3 is 20.1 Å². The highest BCUT2D eigenvalue weighted by atomic mass is 35.5. The fraction of sp³-hybridized carbons (Fsp3) is 0.278. The lowest BCUT2D eigenvalue weighted by Crippen LogP contribution is -2.32. The van der Waals surface area contributed by atoms with Crippen molar-refractivity contribution in [3.8, 4) is 11.5 Å². The van der Waals surface area contributed by atoms with E-state index in [9.17, 15) is 4.79 Å². The second kappa shape index (κ2) is 8.83. The SMILES string of the molecule is COc1ccc(NC(=O)NCCOc2cc(C)c(Cl)c(C)c2)cc1Cl. The zero-order valence-corrected chi connectivity index (χ0v) is 15.8. The highest BCUT2D eigenvalue weighted by molar-refractivity contribution is 6.32. The molecule has 0 aliphatic heterocycles. The third kappa shape index (κ3) is 5.44. The standard InChI is InChI=1S/C18H20Cl2N2O3/c1-11-8-14(9-12(2)17(11)20)25-7-6-21-18(23)22-13-4-5-16(24-3)15(19)10-13/h4-5,8-10H,6-7H2,1-3H3,(H2,21,22,23). The van der Waals surface area contributed by atoms with Crippen molar-refractivity contribution in [3.05, 3.63) is 51.5 Å². The van der Waals surface area contributed by atoms with Gasteiger partial charge in [-0.05, 0) is 55.3 Å². The van der Waals surface area contributed by atoms with Gasteiger partial charge in [0, 0.05) is 10.7 Å². The number of urea groups is 1. The summed E-state index contributed by atoms with van der Waals surface area (Å²) in [5.74, 6) is 1.28. The third-order valence-corrected chi connectivity index (χ3v) is 4.37. The highest BCUT2D eigenvalue weighted by Crippen LogP contribution is 2.27. The van der Waals surface area contributed by atoms with Gasteiger partial charge >= 0.3 is 6.03 Å². The molecule has 0 saturated carbocycles. The average Bonchev–Trinajstić information content (AvgIpc) is 2.56. The highest BCUT2D eigenvalue weighted by Gasteiger charge is 2.06. The van der Waals surface area contributed by atoms with Crippen LogP contribution in [0.3, 0.4) is 0 Å². The summed E-state index contributed by atoms with van der Waals surface area (Å²) in [5.41, 5.74) is 2.49. The number of carbonyl (C=O) groups excluding carboxylic acids is 1. The van der Waals surface area contributed by atoms with Gasteiger partial charge in [0.2, 0.25) is 0 Å². The first-order valence-electron chi connectivity index (χ1n) is 7.68. The topological polar surface area (TPSA) is 59.6 Å². The molecule has 0 atom stereocenters. The van der Waals surface area contributed by atoms with Gasteiger partial charge in [0.1, 0.15) is 18.1 Å². The van der Waals surface area contributed by atoms with Gasteiger partial charge in [-0.3, -0.25) is 0 Å². The first-order chi connectivity index (χ1) is 11.9. The zero-order chi connectivity index (χ0) is 18.4. The molecular weight excluding hydrogens is 363 g/mol. The molecule has 2 aromatic carbocycles. The number of halogens is 2. The maximum absolute atomic E-state index is 11.9. The molecule has 5 nitrogen and oxygen atoms in total. The van der Waals surface area contributed by atoms with Crippen LogP contribution in [0, 0.1) is 13.8 Å². The van der Waals surface area contributed by atoms with Crippen LogP contribution >= 0.6 is 23.2 Å². The van der Waals surface area contributed by atoms with Crippen LogP contribution in [0.25, 0.3) is 0 Å². The van der Waals surface area contributed by atoms with E-state index < -0.39 is 0 Å². The van der Waals surface area contributed by atoms with Crippen molar-refractivity contribution in [2.75, 3.05) is 25.6 Å². The molecule has 0 aliphatic rings. The van der Waals surface area contributed by atoms with E-state index in [1.807, 2.05) is 26.0 Å². The summed E-state index contributed by atoms with van der Waals surface area (Å²) in [6, 6.07) is 8.42. The Morgan fingerprint density at radius 2 is 1.80 bits per heavy atom. The quantitative estimate of drug-likeness (QED) is 0.704. The van der Waals surface area contributed by atoms with Crippen LogP contribution in [0.5, 0.6) is 11.5 Å². The maximum atomic E-state index is 11.9. The van der Waals surface area contributed by atoms with E-state index in [1.165, 1.54) is 7.11 Å². The number of ether oxygens (including phenoxy) is 2. The summed E-state index contributed by atoms with van der Waals surface area (Å²) in [6.07, 6.45) is 0. The fourth-order valence-electron chi connectivity index (χ4n) is 2.24. The molecule has 2 amide bonds. The summed E-state index contributed by atoms with van der Waals surface area (Å²) >= 11 is 12.1. The Labute approximate surface area is 157 Å². The van der Waals surface area contributed by atoms with Crippen LogP contribution in [-0.4, -0.2) is 26.3 Å². The number of hydrogen-bond donors (Lipinski definition) is 2. The monoisotopic (exact) mass is 382 g/mol. The molecule has 0 heterocycles. The van der Waals surface area contributed by atoms with Crippen molar-refractivity contribution in [2.24, 2.45) is 0 Å². The summed E-state index contributed by atoms with van der Waals surface area (Å²) in [6.45, 7) is 4.55. The number of benzene rings is 2. The molecule has 0 fully saturated rings. The minimum absolute atomic E-state index is 0.340. The fourth-order valence-corrected chi connectivity index (χ4v) is 2.61. The van der Waals surface area contributed by atoms with Crippen LogP contribution in [-0.2, 0) is 0 Å². The Balaban J connectivity index is 1.78. The van der Waals surface area contributed by atoms with Crippen molar-refractivity contribution < 1.29 is 14.3 Å². The van der Waals surface area contributed by atoms with Crippen molar-refractivity contribution in [2.45, 2.75) is 13.8 Å². The number of carbonyl (C=O) groups is 1. The first kappa shape index (κ1) is 19.2. The van der Waals surface area contributed by atoms with Gasteiger partial charge in [-0.25, -0.2) is 4.79 Å². The molecule has 0 spiro atoms. The number of amides is 2. The molecule has 7 heteroatoms. The van der Waals surface area contributed by atoms with Crippen LogP contribution in [0.1, 0.15) is 11.1 Å². The number of nitrogens with one attached hydrogen (secondary N) is 2. The Morgan fingerprint density at radius 3 is 2.40 bits per heavy atom. The van der Waals surface area contributed by atoms with E-state index in [0.29, 0.717) is 29.6 Å². The first-order valence-corrected chi connectivity index (χ1v) is 8.44.